The van der Waals surface area contributed by atoms with E-state index in [1.165, 1.54) is 6.07 Å². The molecular weight excluding hydrogens is 397 g/mol. The molecule has 2 N–H and O–H groups in total. The Morgan fingerprint density at radius 2 is 1.77 bits per heavy atom. The number of rotatable bonds is 7. The van der Waals surface area contributed by atoms with E-state index < -0.39 is 5.91 Å². The van der Waals surface area contributed by atoms with Crippen molar-refractivity contribution in [3.63, 3.8) is 0 Å². The molecule has 0 aliphatic carbocycles. The van der Waals surface area contributed by atoms with E-state index in [9.17, 15) is 18.8 Å². The Bertz CT molecular complexity index is 945. The van der Waals surface area contributed by atoms with Crippen LogP contribution in [0.3, 0.4) is 0 Å². The van der Waals surface area contributed by atoms with Gasteiger partial charge in [0.25, 0.3) is 0 Å². The van der Waals surface area contributed by atoms with Crippen LogP contribution in [0.1, 0.15) is 25.3 Å². The van der Waals surface area contributed by atoms with Gasteiger partial charge in [0.15, 0.2) is 0 Å². The smallest absolute Gasteiger partial charge is 0.227 e. The van der Waals surface area contributed by atoms with E-state index >= 15 is 0 Å². The summed E-state index contributed by atoms with van der Waals surface area (Å²) < 4.78 is 14.0. The SMILES string of the molecule is CCN1CCN(C(=O)CCC(N)=O)CC(Cc2ccc(-c3ccccc3F)cc2)C1=O. The van der Waals surface area contributed by atoms with Crippen molar-refractivity contribution in [2.24, 2.45) is 11.7 Å². The van der Waals surface area contributed by atoms with E-state index in [4.69, 9.17) is 5.73 Å². The Balaban J connectivity index is 1.75. The van der Waals surface area contributed by atoms with E-state index in [1.807, 2.05) is 31.2 Å². The number of likely N-dealkylation sites (N-methyl/N-ethyl adjacent to an activating group) is 1. The lowest BCUT2D eigenvalue weighted by Gasteiger charge is -2.23. The molecule has 0 aromatic heterocycles. The topological polar surface area (TPSA) is 83.7 Å². The quantitative estimate of drug-likeness (QED) is 0.740. The third-order valence-corrected chi connectivity index (χ3v) is 5.68. The van der Waals surface area contributed by atoms with Gasteiger partial charge in [-0.2, -0.15) is 0 Å². The lowest BCUT2D eigenvalue weighted by molar-refractivity contribution is -0.135. The fraction of sp³-hybridized carbons (Fsp3) is 0.375. The van der Waals surface area contributed by atoms with Crippen LogP contribution in [0.15, 0.2) is 48.5 Å². The lowest BCUT2D eigenvalue weighted by atomic mass is 9.95. The predicted octanol–water partition coefficient (Wildman–Crippen LogP) is 2.61. The molecule has 1 heterocycles. The number of carbonyl (C=O) groups is 3. The molecule has 1 fully saturated rings. The highest BCUT2D eigenvalue weighted by Gasteiger charge is 2.31. The van der Waals surface area contributed by atoms with Crippen molar-refractivity contribution in [2.45, 2.75) is 26.2 Å². The van der Waals surface area contributed by atoms with Crippen LogP contribution in [0.25, 0.3) is 11.1 Å². The molecule has 1 aliphatic rings. The normalized spacial score (nSPS) is 16.8. The van der Waals surface area contributed by atoms with Gasteiger partial charge in [-0.25, -0.2) is 4.39 Å². The molecule has 7 heteroatoms. The highest BCUT2D eigenvalue weighted by molar-refractivity contribution is 5.85. The van der Waals surface area contributed by atoms with Crippen LogP contribution in [0.5, 0.6) is 0 Å². The fourth-order valence-electron chi connectivity index (χ4n) is 3.93. The van der Waals surface area contributed by atoms with Gasteiger partial charge in [-0.1, -0.05) is 42.5 Å². The van der Waals surface area contributed by atoms with E-state index in [2.05, 4.69) is 0 Å². The van der Waals surface area contributed by atoms with Crippen LogP contribution in [0.2, 0.25) is 0 Å². The zero-order valence-corrected chi connectivity index (χ0v) is 17.7. The van der Waals surface area contributed by atoms with Crippen molar-refractivity contribution in [1.29, 1.82) is 0 Å². The van der Waals surface area contributed by atoms with Crippen molar-refractivity contribution in [3.05, 3.63) is 59.9 Å². The first-order valence-corrected chi connectivity index (χ1v) is 10.6. The second kappa shape index (κ2) is 10.2. The van der Waals surface area contributed by atoms with Crippen LogP contribution in [-0.2, 0) is 20.8 Å². The average molecular weight is 426 g/mol. The van der Waals surface area contributed by atoms with E-state index in [0.717, 1.165) is 11.1 Å². The third kappa shape index (κ3) is 5.69. The van der Waals surface area contributed by atoms with Crippen molar-refractivity contribution in [2.75, 3.05) is 26.2 Å². The molecule has 2 aromatic rings. The number of primary amides is 1. The largest absolute Gasteiger partial charge is 0.370 e. The molecule has 1 unspecified atom stereocenters. The van der Waals surface area contributed by atoms with Crippen LogP contribution < -0.4 is 5.73 Å². The zero-order chi connectivity index (χ0) is 22.4. The Morgan fingerprint density at radius 1 is 1.06 bits per heavy atom. The van der Waals surface area contributed by atoms with Crippen molar-refractivity contribution in [3.8, 4) is 11.1 Å². The summed E-state index contributed by atoms with van der Waals surface area (Å²) in [6, 6.07) is 14.1. The van der Waals surface area contributed by atoms with Gasteiger partial charge in [0.05, 0.1) is 5.92 Å². The second-order valence-electron chi connectivity index (χ2n) is 7.80. The van der Waals surface area contributed by atoms with Gasteiger partial charge < -0.3 is 15.5 Å². The van der Waals surface area contributed by atoms with Crippen molar-refractivity contribution >= 4 is 17.7 Å². The summed E-state index contributed by atoms with van der Waals surface area (Å²) in [6.45, 7) is 3.72. The maximum Gasteiger partial charge on any atom is 0.227 e. The number of hydrogen-bond acceptors (Lipinski definition) is 3. The molecule has 0 bridgehead atoms. The summed E-state index contributed by atoms with van der Waals surface area (Å²) in [5, 5.41) is 0. The Morgan fingerprint density at radius 3 is 2.42 bits per heavy atom. The molecular formula is C24H28FN3O3. The number of halogens is 1. The molecule has 0 radical (unpaired) electrons. The number of nitrogens with zero attached hydrogens (tertiary/aromatic N) is 2. The van der Waals surface area contributed by atoms with Gasteiger partial charge >= 0.3 is 0 Å². The molecule has 6 nitrogen and oxygen atoms in total. The molecule has 1 saturated heterocycles. The first-order valence-electron chi connectivity index (χ1n) is 10.6. The molecule has 1 aliphatic heterocycles. The highest BCUT2D eigenvalue weighted by Crippen LogP contribution is 2.24. The molecule has 164 valence electrons. The Labute approximate surface area is 181 Å². The summed E-state index contributed by atoms with van der Waals surface area (Å²) in [5.41, 5.74) is 7.41. The summed E-state index contributed by atoms with van der Waals surface area (Å²) in [5.74, 6) is -1.31. The first-order chi connectivity index (χ1) is 14.9. The zero-order valence-electron chi connectivity index (χ0n) is 17.7. The van der Waals surface area contributed by atoms with Crippen molar-refractivity contribution in [1.82, 2.24) is 9.80 Å². The number of nitrogens with two attached hydrogens (primary N) is 1. The van der Waals surface area contributed by atoms with Crippen LogP contribution >= 0.6 is 0 Å². The van der Waals surface area contributed by atoms with E-state index in [1.54, 1.807) is 28.0 Å². The third-order valence-electron chi connectivity index (χ3n) is 5.68. The molecule has 0 saturated carbocycles. The number of amides is 3. The molecule has 1 atom stereocenters. The van der Waals surface area contributed by atoms with Gasteiger partial charge in [0.1, 0.15) is 5.82 Å². The van der Waals surface area contributed by atoms with Gasteiger partial charge in [0.2, 0.25) is 17.7 Å². The summed E-state index contributed by atoms with van der Waals surface area (Å²) in [7, 11) is 0. The van der Waals surface area contributed by atoms with E-state index in [-0.39, 0.29) is 36.4 Å². The maximum absolute atomic E-state index is 14.0. The highest BCUT2D eigenvalue weighted by atomic mass is 19.1. The summed E-state index contributed by atoms with van der Waals surface area (Å²) in [6.07, 6.45) is 0.537. The fourth-order valence-corrected chi connectivity index (χ4v) is 3.93. The molecule has 0 spiro atoms. The van der Waals surface area contributed by atoms with Crippen LogP contribution in [0.4, 0.5) is 4.39 Å². The monoisotopic (exact) mass is 425 g/mol. The minimum absolute atomic E-state index is 0.00292. The Kier molecular flexibility index (Phi) is 7.39. The van der Waals surface area contributed by atoms with Gasteiger partial charge in [-0.3, -0.25) is 14.4 Å². The van der Waals surface area contributed by atoms with Gasteiger partial charge in [0, 0.05) is 44.6 Å². The minimum Gasteiger partial charge on any atom is -0.370 e. The van der Waals surface area contributed by atoms with Crippen LogP contribution in [0, 0.1) is 11.7 Å². The standard InChI is InChI=1S/C24H28FN3O3/c1-2-27-13-14-28(23(30)12-11-22(26)29)16-19(24(27)31)15-17-7-9-18(10-8-17)20-5-3-4-6-21(20)25/h3-10,19H,2,11-16H2,1H3,(H2,26,29). The average Bonchev–Trinajstić information content (AvgIpc) is 2.92. The maximum atomic E-state index is 14.0. The summed E-state index contributed by atoms with van der Waals surface area (Å²) in [4.78, 5) is 40.0. The van der Waals surface area contributed by atoms with Gasteiger partial charge in [-0.05, 0) is 30.5 Å². The molecule has 2 aromatic carbocycles. The first kappa shape index (κ1) is 22.5. The Hall–Kier alpha value is -3.22. The summed E-state index contributed by atoms with van der Waals surface area (Å²) >= 11 is 0. The number of hydrogen-bond donors (Lipinski definition) is 1. The molecule has 3 amide bonds. The van der Waals surface area contributed by atoms with Crippen LogP contribution in [-0.4, -0.2) is 53.7 Å². The van der Waals surface area contributed by atoms with Crippen molar-refractivity contribution < 1.29 is 18.8 Å². The minimum atomic E-state index is -0.513. The number of carbonyl (C=O) groups excluding carboxylic acids is 3. The van der Waals surface area contributed by atoms with E-state index in [0.29, 0.717) is 38.2 Å². The predicted molar refractivity (Wildman–Crippen MR) is 116 cm³/mol. The molecule has 31 heavy (non-hydrogen) atoms. The molecule has 3 rings (SSSR count). The van der Waals surface area contributed by atoms with Gasteiger partial charge in [-0.15, -0.1) is 0 Å². The number of benzene rings is 2. The second-order valence-corrected chi connectivity index (χ2v) is 7.80. The lowest BCUT2D eigenvalue weighted by Crippen LogP contribution is -2.38.